The van der Waals surface area contributed by atoms with E-state index in [-0.39, 0.29) is 10.5 Å². The van der Waals surface area contributed by atoms with Crippen LogP contribution in [0.25, 0.3) is 11.1 Å². The third-order valence-corrected chi connectivity index (χ3v) is 7.70. The van der Waals surface area contributed by atoms with Crippen molar-refractivity contribution in [3.8, 4) is 11.1 Å². The maximum atomic E-state index is 13.9. The number of rotatable bonds is 6. The van der Waals surface area contributed by atoms with Crippen molar-refractivity contribution in [1.82, 2.24) is 8.87 Å². The van der Waals surface area contributed by atoms with Crippen molar-refractivity contribution in [3.05, 3.63) is 82.3 Å². The van der Waals surface area contributed by atoms with Gasteiger partial charge in [0.05, 0.1) is 17.8 Å². The maximum absolute atomic E-state index is 13.9. The molecule has 0 atom stereocenters. The van der Waals surface area contributed by atoms with Gasteiger partial charge in [0.1, 0.15) is 4.90 Å². The van der Waals surface area contributed by atoms with Crippen LogP contribution >= 0.6 is 0 Å². The zero-order valence-electron chi connectivity index (χ0n) is 18.5. The fourth-order valence-corrected chi connectivity index (χ4v) is 5.61. The molecule has 0 amide bonds. The number of Topliss-reactive ketones (excluding diaryl/α,β-unsaturated/α-hetero) is 1. The summed E-state index contributed by atoms with van der Waals surface area (Å²) in [5, 5.41) is 0. The summed E-state index contributed by atoms with van der Waals surface area (Å²) in [6.45, 7) is -0.188. The second kappa shape index (κ2) is 9.31. The number of carbonyl (C=O) groups is 1. The first kappa shape index (κ1) is 24.7. The lowest BCUT2D eigenvalue weighted by Crippen LogP contribution is -2.32. The SMILES string of the molecule is Nc1cc(S(=O)(=O)N2CCCC2)cn(CC(=O)c2ccc(-c3ccccc3)cc2C(F)(F)F)c1=O. The molecule has 11 heteroatoms. The molecule has 184 valence electrons. The molecule has 4 rings (SSSR count). The van der Waals surface area contributed by atoms with E-state index in [0.29, 0.717) is 31.5 Å². The molecule has 35 heavy (non-hydrogen) atoms. The first-order chi connectivity index (χ1) is 16.5. The molecule has 2 N–H and O–H groups in total. The van der Waals surface area contributed by atoms with Crippen molar-refractivity contribution in [2.75, 3.05) is 18.8 Å². The van der Waals surface area contributed by atoms with E-state index in [1.54, 1.807) is 30.3 Å². The van der Waals surface area contributed by atoms with Crippen molar-refractivity contribution < 1.29 is 26.4 Å². The van der Waals surface area contributed by atoms with E-state index in [0.717, 1.165) is 29.0 Å². The maximum Gasteiger partial charge on any atom is 0.417 e. The highest BCUT2D eigenvalue weighted by Gasteiger charge is 2.36. The zero-order chi connectivity index (χ0) is 25.4. The summed E-state index contributed by atoms with van der Waals surface area (Å²) in [7, 11) is -3.97. The van der Waals surface area contributed by atoms with Crippen molar-refractivity contribution in [1.29, 1.82) is 0 Å². The largest absolute Gasteiger partial charge is 0.417 e. The Hall–Kier alpha value is -3.44. The van der Waals surface area contributed by atoms with Crippen LogP contribution in [0.4, 0.5) is 18.9 Å². The topological polar surface area (TPSA) is 102 Å². The van der Waals surface area contributed by atoms with Crippen molar-refractivity contribution >= 4 is 21.5 Å². The second-order valence-corrected chi connectivity index (χ2v) is 10.2. The molecule has 0 aliphatic carbocycles. The average molecular weight is 506 g/mol. The van der Waals surface area contributed by atoms with Gasteiger partial charge in [-0.15, -0.1) is 0 Å². The van der Waals surface area contributed by atoms with E-state index < -0.39 is 50.9 Å². The first-order valence-corrected chi connectivity index (χ1v) is 12.2. The van der Waals surface area contributed by atoms with Gasteiger partial charge in [-0.25, -0.2) is 8.42 Å². The number of sulfonamides is 1. The molecular formula is C24H22F3N3O4S. The van der Waals surface area contributed by atoms with E-state index in [1.807, 2.05) is 0 Å². The number of nitrogens with two attached hydrogens (primary N) is 1. The van der Waals surface area contributed by atoms with Gasteiger partial charge in [0.2, 0.25) is 10.0 Å². The number of hydrogen-bond acceptors (Lipinski definition) is 5. The quantitative estimate of drug-likeness (QED) is 0.514. The number of benzene rings is 2. The van der Waals surface area contributed by atoms with Gasteiger partial charge in [0.15, 0.2) is 5.78 Å². The van der Waals surface area contributed by atoms with Gasteiger partial charge in [-0.1, -0.05) is 42.5 Å². The lowest BCUT2D eigenvalue weighted by atomic mass is 9.96. The molecule has 1 aliphatic rings. The van der Waals surface area contributed by atoms with Crippen molar-refractivity contribution in [3.63, 3.8) is 0 Å². The molecule has 1 aliphatic heterocycles. The number of anilines is 1. The summed E-state index contributed by atoms with van der Waals surface area (Å²) in [4.78, 5) is 25.2. The molecular weight excluding hydrogens is 483 g/mol. The Kier molecular flexibility index (Phi) is 6.56. The number of pyridine rings is 1. The van der Waals surface area contributed by atoms with Gasteiger partial charge < -0.3 is 10.3 Å². The van der Waals surface area contributed by atoms with E-state index in [1.165, 1.54) is 10.4 Å². The number of carbonyl (C=O) groups excluding carboxylic acids is 1. The summed E-state index contributed by atoms with van der Waals surface area (Å²) in [6, 6.07) is 12.7. The summed E-state index contributed by atoms with van der Waals surface area (Å²) in [5.41, 5.74) is 3.46. The fourth-order valence-electron chi connectivity index (χ4n) is 4.04. The standard InChI is InChI=1S/C24H22F3N3O4S/c25-24(26,27)20-12-17(16-6-2-1-3-7-16)8-9-19(20)22(31)15-29-14-18(13-21(28)23(29)32)35(33,34)30-10-4-5-11-30/h1-3,6-9,12-14H,4-5,10-11,15,28H2. The Labute approximate surface area is 199 Å². The van der Waals surface area contributed by atoms with E-state index in [4.69, 9.17) is 5.73 Å². The lowest BCUT2D eigenvalue weighted by molar-refractivity contribution is -0.137. The molecule has 2 heterocycles. The van der Waals surface area contributed by atoms with Crippen LogP contribution in [0.5, 0.6) is 0 Å². The third kappa shape index (κ3) is 5.01. The summed E-state index contributed by atoms with van der Waals surface area (Å²) < 4.78 is 69.3. The molecule has 0 radical (unpaired) electrons. The highest BCUT2D eigenvalue weighted by atomic mass is 32.2. The van der Waals surface area contributed by atoms with Gasteiger partial charge in [0.25, 0.3) is 5.56 Å². The Morgan fingerprint density at radius 2 is 1.63 bits per heavy atom. The normalized spacial score (nSPS) is 14.8. The molecule has 0 unspecified atom stereocenters. The lowest BCUT2D eigenvalue weighted by Gasteiger charge is -2.18. The highest BCUT2D eigenvalue weighted by molar-refractivity contribution is 7.89. The van der Waals surface area contributed by atoms with Gasteiger partial charge in [-0.3, -0.25) is 9.59 Å². The van der Waals surface area contributed by atoms with E-state index in [9.17, 15) is 31.2 Å². The van der Waals surface area contributed by atoms with E-state index in [2.05, 4.69) is 0 Å². The van der Waals surface area contributed by atoms with Gasteiger partial charge >= 0.3 is 6.18 Å². The number of ketones is 1. The minimum Gasteiger partial charge on any atom is -0.394 e. The zero-order valence-corrected chi connectivity index (χ0v) is 19.3. The van der Waals surface area contributed by atoms with Gasteiger partial charge in [0, 0.05) is 24.8 Å². The average Bonchev–Trinajstić information content (AvgIpc) is 3.37. The smallest absolute Gasteiger partial charge is 0.394 e. The van der Waals surface area contributed by atoms with Crippen molar-refractivity contribution in [2.24, 2.45) is 0 Å². The predicted molar refractivity (Wildman–Crippen MR) is 124 cm³/mol. The molecule has 0 bridgehead atoms. The van der Waals surface area contributed by atoms with Crippen LogP contribution in [0, 0.1) is 0 Å². The van der Waals surface area contributed by atoms with Crippen LogP contribution in [-0.2, 0) is 22.7 Å². The Bertz CT molecular complexity index is 1430. The highest BCUT2D eigenvalue weighted by Crippen LogP contribution is 2.35. The summed E-state index contributed by atoms with van der Waals surface area (Å²) in [6.07, 6.45) is -2.51. The van der Waals surface area contributed by atoms with Crippen LogP contribution in [0.1, 0.15) is 28.8 Å². The molecule has 1 saturated heterocycles. The number of halogens is 3. The molecule has 7 nitrogen and oxygen atoms in total. The minimum absolute atomic E-state index is 0.273. The molecule has 1 aromatic heterocycles. The number of alkyl halides is 3. The van der Waals surface area contributed by atoms with Gasteiger partial charge in [-0.05, 0) is 36.1 Å². The van der Waals surface area contributed by atoms with Crippen LogP contribution in [0.2, 0.25) is 0 Å². The molecule has 3 aromatic rings. The Balaban J connectivity index is 1.72. The van der Waals surface area contributed by atoms with Crippen molar-refractivity contribution in [2.45, 2.75) is 30.5 Å². The molecule has 2 aromatic carbocycles. The first-order valence-electron chi connectivity index (χ1n) is 10.8. The van der Waals surface area contributed by atoms with Crippen LogP contribution < -0.4 is 11.3 Å². The monoisotopic (exact) mass is 505 g/mol. The second-order valence-electron chi connectivity index (χ2n) is 8.22. The third-order valence-electron chi connectivity index (χ3n) is 5.84. The molecule has 1 fully saturated rings. The van der Waals surface area contributed by atoms with Gasteiger partial charge in [-0.2, -0.15) is 17.5 Å². The van der Waals surface area contributed by atoms with E-state index >= 15 is 0 Å². The predicted octanol–water partition coefficient (Wildman–Crippen LogP) is 3.78. The van der Waals surface area contributed by atoms with Crippen LogP contribution in [0.15, 0.2) is 70.5 Å². The minimum atomic E-state index is -4.83. The number of hydrogen-bond donors (Lipinski definition) is 1. The number of nitrogens with zero attached hydrogens (tertiary/aromatic N) is 2. The molecule has 0 saturated carbocycles. The Morgan fingerprint density at radius 1 is 0.971 bits per heavy atom. The number of nitrogen functional groups attached to an aromatic ring is 1. The van der Waals surface area contributed by atoms with Crippen LogP contribution in [0.3, 0.4) is 0 Å². The summed E-state index contributed by atoms with van der Waals surface area (Å²) in [5.74, 6) is -1.01. The van der Waals surface area contributed by atoms with Crippen LogP contribution in [-0.4, -0.2) is 36.2 Å². The Morgan fingerprint density at radius 3 is 2.26 bits per heavy atom. The summed E-state index contributed by atoms with van der Waals surface area (Å²) >= 11 is 0. The fraction of sp³-hybridized carbons (Fsp3) is 0.250. The number of aromatic nitrogens is 1. The molecule has 0 spiro atoms.